The van der Waals surface area contributed by atoms with Crippen LogP contribution in [-0.4, -0.2) is 17.3 Å². The summed E-state index contributed by atoms with van der Waals surface area (Å²) in [7, 11) is 0. The van der Waals surface area contributed by atoms with Crippen LogP contribution in [0.15, 0.2) is 24.3 Å². The molecule has 0 radical (unpaired) electrons. The summed E-state index contributed by atoms with van der Waals surface area (Å²) in [4.78, 5) is 0. The third kappa shape index (κ3) is 1.98. The summed E-state index contributed by atoms with van der Waals surface area (Å²) in [5.74, 6) is 0.593. The molecule has 0 fully saturated rings. The molecule has 2 rings (SSSR count). The maximum atomic E-state index is 9.48. The van der Waals surface area contributed by atoms with Crippen LogP contribution in [0.25, 0.3) is 0 Å². The minimum absolute atomic E-state index is 0.0924. The fourth-order valence-electron chi connectivity index (χ4n) is 3.56. The van der Waals surface area contributed by atoms with E-state index in [1.807, 2.05) is 0 Å². The monoisotopic (exact) mass is 247 g/mol. The molecule has 1 aromatic rings. The van der Waals surface area contributed by atoms with Gasteiger partial charge in [-0.3, -0.25) is 0 Å². The van der Waals surface area contributed by atoms with Crippen LogP contribution in [0.5, 0.6) is 0 Å². The average molecular weight is 247 g/mol. The molecular formula is C16H25NO. The minimum atomic E-state index is -0.314. The number of hydrogen-bond acceptors (Lipinski definition) is 2. The van der Waals surface area contributed by atoms with E-state index in [9.17, 15) is 5.11 Å². The molecule has 1 aliphatic rings. The SMILES string of the molecule is CC1CCC(CCO)(C(C)(C)N)c2ccccc21. The van der Waals surface area contributed by atoms with Crippen molar-refractivity contribution in [2.24, 2.45) is 5.73 Å². The zero-order valence-corrected chi connectivity index (χ0v) is 11.7. The molecule has 0 amide bonds. The topological polar surface area (TPSA) is 46.2 Å². The van der Waals surface area contributed by atoms with Crippen molar-refractivity contribution in [2.75, 3.05) is 6.61 Å². The highest BCUT2D eigenvalue weighted by Gasteiger charge is 2.46. The Morgan fingerprint density at radius 3 is 2.67 bits per heavy atom. The Balaban J connectivity index is 2.59. The lowest BCUT2D eigenvalue weighted by molar-refractivity contribution is 0.151. The summed E-state index contributed by atoms with van der Waals surface area (Å²) in [5.41, 5.74) is 8.84. The normalized spacial score (nSPS) is 27.9. The first-order chi connectivity index (χ1) is 8.42. The summed E-state index contributed by atoms with van der Waals surface area (Å²) in [6, 6.07) is 8.62. The van der Waals surface area contributed by atoms with Gasteiger partial charge in [-0.05, 0) is 50.2 Å². The van der Waals surface area contributed by atoms with Crippen LogP contribution < -0.4 is 5.73 Å². The van der Waals surface area contributed by atoms with E-state index in [4.69, 9.17) is 5.73 Å². The second-order valence-corrected chi connectivity index (χ2v) is 6.30. The Morgan fingerprint density at radius 2 is 2.06 bits per heavy atom. The molecule has 0 bridgehead atoms. The predicted molar refractivity (Wildman–Crippen MR) is 75.7 cm³/mol. The van der Waals surface area contributed by atoms with E-state index in [2.05, 4.69) is 45.0 Å². The highest BCUT2D eigenvalue weighted by atomic mass is 16.3. The maximum absolute atomic E-state index is 9.48. The Morgan fingerprint density at radius 1 is 1.39 bits per heavy atom. The Bertz CT molecular complexity index is 421. The van der Waals surface area contributed by atoms with Crippen LogP contribution in [0, 0.1) is 0 Å². The lowest BCUT2D eigenvalue weighted by atomic mass is 9.57. The van der Waals surface area contributed by atoms with Gasteiger partial charge >= 0.3 is 0 Å². The molecular weight excluding hydrogens is 222 g/mol. The summed E-state index contributed by atoms with van der Waals surface area (Å²) in [5, 5.41) is 9.48. The molecule has 1 aromatic carbocycles. The smallest absolute Gasteiger partial charge is 0.0440 e. The molecule has 18 heavy (non-hydrogen) atoms. The van der Waals surface area contributed by atoms with Gasteiger partial charge in [-0.15, -0.1) is 0 Å². The van der Waals surface area contributed by atoms with E-state index in [0.29, 0.717) is 5.92 Å². The van der Waals surface area contributed by atoms with Crippen molar-refractivity contribution in [3.05, 3.63) is 35.4 Å². The molecule has 0 heterocycles. The van der Waals surface area contributed by atoms with Crippen LogP contribution in [0.4, 0.5) is 0 Å². The van der Waals surface area contributed by atoms with Crippen molar-refractivity contribution in [3.63, 3.8) is 0 Å². The van der Waals surface area contributed by atoms with Crippen LogP contribution in [0.2, 0.25) is 0 Å². The van der Waals surface area contributed by atoms with E-state index in [1.54, 1.807) is 0 Å². The Hall–Kier alpha value is -0.860. The standard InChI is InChI=1S/C16H25NO/c1-12-8-9-16(10-11-18,15(2,3)17)14-7-5-4-6-13(12)14/h4-7,12,18H,8-11,17H2,1-3H3. The van der Waals surface area contributed by atoms with Crippen molar-refractivity contribution in [1.82, 2.24) is 0 Å². The van der Waals surface area contributed by atoms with Crippen molar-refractivity contribution in [1.29, 1.82) is 0 Å². The first-order valence-corrected chi connectivity index (χ1v) is 6.91. The Kier molecular flexibility index (Phi) is 3.52. The molecule has 0 saturated heterocycles. The van der Waals surface area contributed by atoms with Crippen LogP contribution in [-0.2, 0) is 5.41 Å². The summed E-state index contributed by atoms with van der Waals surface area (Å²) < 4.78 is 0. The first-order valence-electron chi connectivity index (χ1n) is 6.91. The Labute approximate surface area is 110 Å². The molecule has 0 aliphatic heterocycles. The summed E-state index contributed by atoms with van der Waals surface area (Å²) in [6.07, 6.45) is 2.97. The molecule has 2 heteroatoms. The number of benzene rings is 1. The molecule has 1 aliphatic carbocycles. The zero-order chi connectivity index (χ0) is 13.4. The number of aliphatic hydroxyl groups excluding tert-OH is 1. The van der Waals surface area contributed by atoms with Gasteiger partial charge in [-0.25, -0.2) is 0 Å². The minimum Gasteiger partial charge on any atom is -0.396 e. The largest absolute Gasteiger partial charge is 0.396 e. The van der Waals surface area contributed by atoms with Gasteiger partial charge in [0.25, 0.3) is 0 Å². The average Bonchev–Trinajstić information content (AvgIpc) is 2.32. The molecule has 0 aromatic heterocycles. The fourth-order valence-corrected chi connectivity index (χ4v) is 3.56. The number of fused-ring (bicyclic) bond motifs is 1. The van der Waals surface area contributed by atoms with Gasteiger partial charge in [0, 0.05) is 17.6 Å². The van der Waals surface area contributed by atoms with Crippen LogP contribution in [0.3, 0.4) is 0 Å². The van der Waals surface area contributed by atoms with E-state index < -0.39 is 0 Å². The van der Waals surface area contributed by atoms with Gasteiger partial charge in [0.1, 0.15) is 0 Å². The zero-order valence-electron chi connectivity index (χ0n) is 11.7. The molecule has 100 valence electrons. The number of hydrogen-bond donors (Lipinski definition) is 2. The summed E-state index contributed by atoms with van der Waals surface area (Å²) >= 11 is 0. The van der Waals surface area contributed by atoms with Gasteiger partial charge in [0.2, 0.25) is 0 Å². The maximum Gasteiger partial charge on any atom is 0.0440 e. The third-order valence-corrected chi connectivity index (χ3v) is 4.78. The second-order valence-electron chi connectivity index (χ2n) is 6.30. The molecule has 2 nitrogen and oxygen atoms in total. The van der Waals surface area contributed by atoms with E-state index in [1.165, 1.54) is 11.1 Å². The van der Waals surface area contributed by atoms with E-state index >= 15 is 0 Å². The number of aliphatic hydroxyl groups is 1. The van der Waals surface area contributed by atoms with Crippen molar-refractivity contribution in [3.8, 4) is 0 Å². The lowest BCUT2D eigenvalue weighted by Crippen LogP contribution is -2.56. The van der Waals surface area contributed by atoms with Crippen LogP contribution in [0.1, 0.15) is 57.1 Å². The van der Waals surface area contributed by atoms with Crippen molar-refractivity contribution >= 4 is 0 Å². The molecule has 0 saturated carbocycles. The van der Waals surface area contributed by atoms with E-state index in [0.717, 1.165) is 19.3 Å². The number of rotatable bonds is 3. The number of nitrogens with two attached hydrogens (primary N) is 1. The first kappa shape index (κ1) is 13.6. The van der Waals surface area contributed by atoms with Crippen molar-refractivity contribution in [2.45, 2.75) is 56.9 Å². The van der Waals surface area contributed by atoms with Gasteiger partial charge in [-0.2, -0.15) is 0 Å². The highest BCUT2D eigenvalue weighted by Crippen LogP contribution is 2.49. The van der Waals surface area contributed by atoms with Crippen LogP contribution >= 0.6 is 0 Å². The molecule has 2 unspecified atom stereocenters. The van der Waals surface area contributed by atoms with E-state index in [-0.39, 0.29) is 17.6 Å². The molecule has 3 N–H and O–H groups in total. The van der Waals surface area contributed by atoms with Gasteiger partial charge in [-0.1, -0.05) is 31.2 Å². The lowest BCUT2D eigenvalue weighted by Gasteiger charge is -2.49. The second kappa shape index (κ2) is 4.67. The predicted octanol–water partition coefficient (Wildman–Crippen LogP) is 2.94. The quantitative estimate of drug-likeness (QED) is 0.862. The van der Waals surface area contributed by atoms with Gasteiger partial charge in [0.15, 0.2) is 0 Å². The van der Waals surface area contributed by atoms with Gasteiger partial charge < -0.3 is 10.8 Å². The fraction of sp³-hybridized carbons (Fsp3) is 0.625. The third-order valence-electron chi connectivity index (χ3n) is 4.78. The summed E-state index contributed by atoms with van der Waals surface area (Å²) in [6.45, 7) is 6.67. The highest BCUT2D eigenvalue weighted by molar-refractivity contribution is 5.42. The van der Waals surface area contributed by atoms with Crippen molar-refractivity contribution < 1.29 is 5.11 Å². The molecule has 2 atom stereocenters. The molecule has 0 spiro atoms. The van der Waals surface area contributed by atoms with Gasteiger partial charge in [0.05, 0.1) is 0 Å².